The minimum atomic E-state index is -0.0375. The number of rotatable bonds is 7. The number of benzene rings is 1. The van der Waals surface area contributed by atoms with Gasteiger partial charge in [-0.2, -0.15) is 0 Å². The Morgan fingerprint density at radius 3 is 2.70 bits per heavy atom. The van der Waals surface area contributed by atoms with Crippen molar-refractivity contribution in [3.05, 3.63) is 29.8 Å². The third-order valence-electron chi connectivity index (χ3n) is 6.14. The highest BCUT2D eigenvalue weighted by atomic mass is 127. The number of halogens is 1. The molecule has 1 aliphatic heterocycles. The average molecular weight is 526 g/mol. The predicted octanol–water partition coefficient (Wildman–Crippen LogP) is 4.05. The number of nitrogens with one attached hydrogen (secondary N) is 3. The van der Waals surface area contributed by atoms with E-state index in [1.54, 1.807) is 0 Å². The van der Waals surface area contributed by atoms with Gasteiger partial charge in [0.15, 0.2) is 5.96 Å². The van der Waals surface area contributed by atoms with Gasteiger partial charge in [-0.1, -0.05) is 18.2 Å². The molecule has 1 amide bonds. The standard InChI is InChI=1S/C23H34N4O2.HI/c1-2-24-22(25-15-7-10-21(28)26-17-11-12-17)27-19-16-23(13-5-6-14-23)29-20-9-4-3-8-18(19)20;/h3-4,8-9,17,19H,2,5-7,10-16H2,1H3,(H,26,28)(H2,24,25,27);1H. The number of fused-ring (bicyclic) bond motifs is 1. The molecule has 1 atom stereocenters. The fraction of sp³-hybridized carbons (Fsp3) is 0.652. The fourth-order valence-electron chi connectivity index (χ4n) is 4.52. The molecule has 30 heavy (non-hydrogen) atoms. The maximum absolute atomic E-state index is 11.9. The molecule has 1 spiro atoms. The summed E-state index contributed by atoms with van der Waals surface area (Å²) >= 11 is 0. The summed E-state index contributed by atoms with van der Waals surface area (Å²) < 4.78 is 6.47. The first-order chi connectivity index (χ1) is 14.2. The maximum Gasteiger partial charge on any atom is 0.220 e. The summed E-state index contributed by atoms with van der Waals surface area (Å²) in [5, 5.41) is 10.1. The Morgan fingerprint density at radius 1 is 1.20 bits per heavy atom. The normalized spacial score (nSPS) is 21.9. The molecule has 3 N–H and O–H groups in total. The molecule has 1 unspecified atom stereocenters. The van der Waals surface area contributed by atoms with Crippen molar-refractivity contribution < 1.29 is 9.53 Å². The van der Waals surface area contributed by atoms with Crippen LogP contribution in [0.5, 0.6) is 5.75 Å². The molecule has 0 saturated heterocycles. The summed E-state index contributed by atoms with van der Waals surface area (Å²) in [6, 6.07) is 8.99. The first kappa shape index (κ1) is 23.2. The van der Waals surface area contributed by atoms with E-state index < -0.39 is 0 Å². The van der Waals surface area contributed by atoms with E-state index in [-0.39, 0.29) is 41.5 Å². The minimum Gasteiger partial charge on any atom is -0.487 e. The van der Waals surface area contributed by atoms with E-state index in [2.05, 4.69) is 47.1 Å². The number of para-hydroxylation sites is 1. The summed E-state index contributed by atoms with van der Waals surface area (Å²) in [4.78, 5) is 16.6. The predicted molar refractivity (Wildman–Crippen MR) is 131 cm³/mol. The lowest BCUT2D eigenvalue weighted by molar-refractivity contribution is -0.121. The molecule has 0 aromatic heterocycles. The molecule has 0 radical (unpaired) electrons. The zero-order valence-corrected chi connectivity index (χ0v) is 20.2. The molecule has 6 nitrogen and oxygen atoms in total. The van der Waals surface area contributed by atoms with Crippen molar-refractivity contribution in [3.8, 4) is 5.75 Å². The van der Waals surface area contributed by atoms with Crippen molar-refractivity contribution in [2.75, 3.05) is 13.1 Å². The molecule has 1 aromatic rings. The highest BCUT2D eigenvalue weighted by molar-refractivity contribution is 14.0. The fourth-order valence-corrected chi connectivity index (χ4v) is 4.52. The highest BCUT2D eigenvalue weighted by Gasteiger charge is 2.43. The number of guanidine groups is 1. The number of nitrogens with zero attached hydrogens (tertiary/aromatic N) is 1. The molecule has 2 saturated carbocycles. The van der Waals surface area contributed by atoms with E-state index in [4.69, 9.17) is 9.73 Å². The Labute approximate surface area is 197 Å². The third kappa shape index (κ3) is 6.02. The van der Waals surface area contributed by atoms with Crippen molar-refractivity contribution in [3.63, 3.8) is 0 Å². The summed E-state index contributed by atoms with van der Waals surface area (Å²) in [6.07, 6.45) is 9.29. The number of ether oxygens (including phenoxy) is 1. The summed E-state index contributed by atoms with van der Waals surface area (Å²) in [5.41, 5.74) is 1.17. The monoisotopic (exact) mass is 526 g/mol. The number of aliphatic imine (C=N–C) groups is 1. The van der Waals surface area contributed by atoms with Gasteiger partial charge in [0.05, 0.1) is 6.04 Å². The summed E-state index contributed by atoms with van der Waals surface area (Å²) in [7, 11) is 0. The number of hydrogen-bond donors (Lipinski definition) is 3. The molecule has 0 bridgehead atoms. The Morgan fingerprint density at radius 2 is 1.97 bits per heavy atom. The summed E-state index contributed by atoms with van der Waals surface area (Å²) in [6.45, 7) is 3.53. The summed E-state index contributed by atoms with van der Waals surface area (Å²) in [5.74, 6) is 1.98. The van der Waals surface area contributed by atoms with E-state index in [0.717, 1.165) is 56.8 Å². The van der Waals surface area contributed by atoms with Crippen molar-refractivity contribution in [2.45, 2.75) is 82.4 Å². The lowest BCUT2D eigenvalue weighted by Gasteiger charge is -2.40. The molecular weight excluding hydrogens is 491 g/mol. The third-order valence-corrected chi connectivity index (χ3v) is 6.14. The van der Waals surface area contributed by atoms with Crippen molar-refractivity contribution in [1.82, 2.24) is 16.0 Å². The van der Waals surface area contributed by atoms with Gasteiger partial charge >= 0.3 is 0 Å². The van der Waals surface area contributed by atoms with Crippen LogP contribution in [-0.4, -0.2) is 36.6 Å². The molecule has 166 valence electrons. The van der Waals surface area contributed by atoms with Crippen LogP contribution in [0.1, 0.15) is 76.3 Å². The van der Waals surface area contributed by atoms with Crippen LogP contribution in [0, 0.1) is 0 Å². The Bertz CT molecular complexity index is 744. The van der Waals surface area contributed by atoms with Crippen molar-refractivity contribution in [2.24, 2.45) is 4.99 Å². The Hall–Kier alpha value is -1.51. The van der Waals surface area contributed by atoms with Gasteiger partial charge in [0.2, 0.25) is 5.91 Å². The van der Waals surface area contributed by atoms with Gasteiger partial charge in [-0.15, -0.1) is 24.0 Å². The van der Waals surface area contributed by atoms with Crippen LogP contribution in [0.15, 0.2) is 29.3 Å². The lowest BCUT2D eigenvalue weighted by Crippen LogP contribution is -2.46. The van der Waals surface area contributed by atoms with Crippen LogP contribution in [0.3, 0.4) is 0 Å². The average Bonchev–Trinajstić information content (AvgIpc) is 3.42. The minimum absolute atomic E-state index is 0. The molecule has 1 heterocycles. The number of hydrogen-bond acceptors (Lipinski definition) is 3. The zero-order valence-electron chi connectivity index (χ0n) is 17.9. The quantitative estimate of drug-likeness (QED) is 0.217. The SMILES string of the molecule is CCNC(=NCCCC(=O)NC1CC1)NC1CC2(CCCC2)Oc2ccccc21.I. The molecule has 1 aromatic carbocycles. The van der Waals surface area contributed by atoms with Gasteiger partial charge in [0.25, 0.3) is 0 Å². The van der Waals surface area contributed by atoms with E-state index in [1.807, 2.05) is 0 Å². The van der Waals surface area contributed by atoms with E-state index >= 15 is 0 Å². The maximum atomic E-state index is 11.9. The topological polar surface area (TPSA) is 74.8 Å². The second-order valence-corrected chi connectivity index (χ2v) is 8.64. The second kappa shape index (κ2) is 10.7. The molecular formula is C23H35IN4O2. The van der Waals surface area contributed by atoms with Crippen molar-refractivity contribution in [1.29, 1.82) is 0 Å². The van der Waals surface area contributed by atoms with Gasteiger partial charge < -0.3 is 20.7 Å². The smallest absolute Gasteiger partial charge is 0.220 e. The van der Waals surface area contributed by atoms with Gasteiger partial charge in [0, 0.05) is 37.5 Å². The van der Waals surface area contributed by atoms with Crippen LogP contribution in [0.2, 0.25) is 0 Å². The Balaban J connectivity index is 0.00000256. The van der Waals surface area contributed by atoms with Crippen LogP contribution >= 0.6 is 24.0 Å². The molecule has 3 aliphatic rings. The first-order valence-corrected chi connectivity index (χ1v) is 11.3. The van der Waals surface area contributed by atoms with E-state index in [9.17, 15) is 4.79 Å². The van der Waals surface area contributed by atoms with Crippen molar-refractivity contribution >= 4 is 35.8 Å². The highest BCUT2D eigenvalue weighted by Crippen LogP contribution is 2.46. The zero-order chi connectivity index (χ0) is 20.1. The lowest BCUT2D eigenvalue weighted by atomic mass is 9.86. The largest absolute Gasteiger partial charge is 0.487 e. The number of carbonyl (C=O) groups excluding carboxylic acids is 1. The molecule has 2 aliphatic carbocycles. The van der Waals surface area contributed by atoms with Crippen LogP contribution in [0.25, 0.3) is 0 Å². The second-order valence-electron chi connectivity index (χ2n) is 8.64. The van der Waals surface area contributed by atoms with Gasteiger partial charge in [-0.05, 0) is 57.9 Å². The van der Waals surface area contributed by atoms with Gasteiger partial charge in [-0.25, -0.2) is 0 Å². The number of amides is 1. The van der Waals surface area contributed by atoms with E-state index in [0.29, 0.717) is 19.0 Å². The van der Waals surface area contributed by atoms with Crippen LogP contribution in [-0.2, 0) is 4.79 Å². The van der Waals surface area contributed by atoms with Gasteiger partial charge in [0.1, 0.15) is 11.4 Å². The molecule has 7 heteroatoms. The van der Waals surface area contributed by atoms with Crippen LogP contribution < -0.4 is 20.7 Å². The van der Waals surface area contributed by atoms with Gasteiger partial charge in [-0.3, -0.25) is 9.79 Å². The van der Waals surface area contributed by atoms with E-state index in [1.165, 1.54) is 18.4 Å². The van der Waals surface area contributed by atoms with Crippen LogP contribution in [0.4, 0.5) is 0 Å². The first-order valence-electron chi connectivity index (χ1n) is 11.3. The Kier molecular flexibility index (Phi) is 8.25. The number of carbonyl (C=O) groups is 1. The molecule has 4 rings (SSSR count). The molecule has 2 fully saturated rings.